The van der Waals surface area contributed by atoms with E-state index in [0.29, 0.717) is 26.3 Å². The van der Waals surface area contributed by atoms with Gasteiger partial charge in [-0.1, -0.05) is 30.3 Å². The van der Waals surface area contributed by atoms with Gasteiger partial charge in [0.2, 0.25) is 0 Å². The minimum Gasteiger partial charge on any atom is -0.481 e. The molecule has 0 aliphatic carbocycles. The van der Waals surface area contributed by atoms with Gasteiger partial charge in [0.15, 0.2) is 0 Å². The highest BCUT2D eigenvalue weighted by molar-refractivity contribution is 5.76. The molecule has 0 saturated carbocycles. The maximum atomic E-state index is 11.1. The predicted octanol–water partition coefficient (Wildman–Crippen LogP) is 1.48. The highest BCUT2D eigenvalue weighted by Gasteiger charge is 2.18. The highest BCUT2D eigenvalue weighted by atomic mass is 16.5. The first-order chi connectivity index (χ1) is 8.25. The standard InChI is InChI=1S/C13H19NO3/c1-2-17-9-8-14-10-12(13(15)16)11-6-4-3-5-7-11/h3-7,12,14H,2,8-10H2,1H3,(H,15,16). The molecule has 0 aromatic heterocycles. The summed E-state index contributed by atoms with van der Waals surface area (Å²) in [5.41, 5.74) is 0.823. The monoisotopic (exact) mass is 237 g/mol. The van der Waals surface area contributed by atoms with Crippen LogP contribution in [0, 0.1) is 0 Å². The number of nitrogens with one attached hydrogen (secondary N) is 1. The number of carboxylic acid groups (broad SMARTS) is 1. The second-order valence-corrected chi connectivity index (χ2v) is 3.70. The molecule has 0 saturated heterocycles. The number of aliphatic carboxylic acids is 1. The van der Waals surface area contributed by atoms with Crippen LogP contribution in [0.1, 0.15) is 18.4 Å². The quantitative estimate of drug-likeness (QED) is 0.672. The van der Waals surface area contributed by atoms with Gasteiger partial charge < -0.3 is 15.2 Å². The summed E-state index contributed by atoms with van der Waals surface area (Å²) in [6.07, 6.45) is 0. The molecule has 1 rings (SSSR count). The molecular formula is C13H19NO3. The van der Waals surface area contributed by atoms with Crippen LogP contribution >= 0.6 is 0 Å². The smallest absolute Gasteiger partial charge is 0.312 e. The van der Waals surface area contributed by atoms with E-state index in [4.69, 9.17) is 9.84 Å². The molecular weight excluding hydrogens is 218 g/mol. The second kappa shape index (κ2) is 7.81. The third kappa shape index (κ3) is 4.97. The molecule has 1 aromatic rings. The highest BCUT2D eigenvalue weighted by Crippen LogP contribution is 2.14. The van der Waals surface area contributed by atoms with E-state index in [9.17, 15) is 4.79 Å². The molecule has 1 unspecified atom stereocenters. The van der Waals surface area contributed by atoms with Crippen LogP contribution in [0.15, 0.2) is 30.3 Å². The Morgan fingerprint density at radius 1 is 1.41 bits per heavy atom. The number of carboxylic acids is 1. The van der Waals surface area contributed by atoms with Gasteiger partial charge >= 0.3 is 5.97 Å². The minimum atomic E-state index is -0.805. The lowest BCUT2D eigenvalue weighted by molar-refractivity contribution is -0.138. The van der Waals surface area contributed by atoms with Crippen molar-refractivity contribution in [1.29, 1.82) is 0 Å². The van der Waals surface area contributed by atoms with E-state index in [2.05, 4.69) is 5.32 Å². The zero-order valence-corrected chi connectivity index (χ0v) is 10.1. The molecule has 1 atom stereocenters. The molecule has 4 heteroatoms. The van der Waals surface area contributed by atoms with Crippen molar-refractivity contribution in [2.75, 3.05) is 26.3 Å². The van der Waals surface area contributed by atoms with Crippen molar-refractivity contribution in [1.82, 2.24) is 5.32 Å². The van der Waals surface area contributed by atoms with Gasteiger partial charge in [-0.05, 0) is 12.5 Å². The lowest BCUT2D eigenvalue weighted by atomic mass is 9.99. The van der Waals surface area contributed by atoms with Crippen molar-refractivity contribution < 1.29 is 14.6 Å². The molecule has 94 valence electrons. The van der Waals surface area contributed by atoms with Crippen molar-refractivity contribution in [2.24, 2.45) is 0 Å². The Morgan fingerprint density at radius 2 is 2.12 bits per heavy atom. The van der Waals surface area contributed by atoms with Gasteiger partial charge in [-0.2, -0.15) is 0 Å². The van der Waals surface area contributed by atoms with Gasteiger partial charge in [0.05, 0.1) is 12.5 Å². The van der Waals surface area contributed by atoms with Crippen LogP contribution in [0.5, 0.6) is 0 Å². The minimum absolute atomic E-state index is 0.423. The summed E-state index contributed by atoms with van der Waals surface area (Å²) in [6, 6.07) is 9.26. The fourth-order valence-corrected chi connectivity index (χ4v) is 1.57. The number of carbonyl (C=O) groups is 1. The van der Waals surface area contributed by atoms with Crippen molar-refractivity contribution in [3.8, 4) is 0 Å². The Morgan fingerprint density at radius 3 is 2.71 bits per heavy atom. The Kier molecular flexibility index (Phi) is 6.29. The molecule has 1 aromatic carbocycles. The molecule has 0 bridgehead atoms. The van der Waals surface area contributed by atoms with E-state index < -0.39 is 11.9 Å². The predicted molar refractivity (Wildman–Crippen MR) is 66.2 cm³/mol. The summed E-state index contributed by atoms with van der Waals surface area (Å²) in [4.78, 5) is 11.1. The van der Waals surface area contributed by atoms with E-state index in [1.165, 1.54) is 0 Å². The van der Waals surface area contributed by atoms with Crippen LogP contribution in [-0.2, 0) is 9.53 Å². The Balaban J connectivity index is 2.42. The molecule has 4 nitrogen and oxygen atoms in total. The number of ether oxygens (including phenoxy) is 1. The average Bonchev–Trinajstić information content (AvgIpc) is 2.34. The lowest BCUT2D eigenvalue weighted by Gasteiger charge is -2.13. The zero-order valence-electron chi connectivity index (χ0n) is 10.1. The van der Waals surface area contributed by atoms with Crippen molar-refractivity contribution in [2.45, 2.75) is 12.8 Å². The third-order valence-corrected chi connectivity index (χ3v) is 2.48. The van der Waals surface area contributed by atoms with Gasteiger partial charge in [0.25, 0.3) is 0 Å². The second-order valence-electron chi connectivity index (χ2n) is 3.70. The van der Waals surface area contributed by atoms with Gasteiger partial charge in [0.1, 0.15) is 0 Å². The van der Waals surface area contributed by atoms with E-state index in [1.807, 2.05) is 37.3 Å². The largest absolute Gasteiger partial charge is 0.481 e. The van der Waals surface area contributed by atoms with Crippen LogP contribution in [0.25, 0.3) is 0 Å². The topological polar surface area (TPSA) is 58.6 Å². The summed E-state index contributed by atoms with van der Waals surface area (Å²) in [5, 5.41) is 12.3. The first-order valence-corrected chi connectivity index (χ1v) is 5.82. The van der Waals surface area contributed by atoms with Gasteiger partial charge in [-0.25, -0.2) is 0 Å². The summed E-state index contributed by atoms with van der Waals surface area (Å²) >= 11 is 0. The fraction of sp³-hybridized carbons (Fsp3) is 0.462. The van der Waals surface area contributed by atoms with Crippen LogP contribution in [0.2, 0.25) is 0 Å². The third-order valence-electron chi connectivity index (χ3n) is 2.48. The summed E-state index contributed by atoms with van der Waals surface area (Å²) in [7, 11) is 0. The van der Waals surface area contributed by atoms with E-state index in [1.54, 1.807) is 0 Å². The zero-order chi connectivity index (χ0) is 12.5. The molecule has 0 amide bonds. The Labute approximate surface area is 102 Å². The number of rotatable bonds is 8. The molecule has 0 fully saturated rings. The van der Waals surface area contributed by atoms with Crippen molar-refractivity contribution in [3.63, 3.8) is 0 Å². The van der Waals surface area contributed by atoms with Crippen LogP contribution in [0.3, 0.4) is 0 Å². The molecule has 2 N–H and O–H groups in total. The first-order valence-electron chi connectivity index (χ1n) is 5.82. The molecule has 0 heterocycles. The summed E-state index contributed by atoms with van der Waals surface area (Å²) in [5.74, 6) is -1.31. The summed E-state index contributed by atoms with van der Waals surface area (Å²) in [6.45, 7) is 4.32. The van der Waals surface area contributed by atoms with E-state index >= 15 is 0 Å². The SMILES string of the molecule is CCOCCNCC(C(=O)O)c1ccccc1. The van der Waals surface area contributed by atoms with Crippen molar-refractivity contribution >= 4 is 5.97 Å². The maximum Gasteiger partial charge on any atom is 0.312 e. The molecule has 0 aliphatic rings. The van der Waals surface area contributed by atoms with E-state index in [0.717, 1.165) is 5.56 Å². The van der Waals surface area contributed by atoms with E-state index in [-0.39, 0.29) is 0 Å². The normalized spacial score (nSPS) is 12.3. The van der Waals surface area contributed by atoms with Gasteiger partial charge in [-0.15, -0.1) is 0 Å². The van der Waals surface area contributed by atoms with Crippen LogP contribution in [-0.4, -0.2) is 37.4 Å². The average molecular weight is 237 g/mol. The van der Waals surface area contributed by atoms with Gasteiger partial charge in [0, 0.05) is 19.7 Å². The first kappa shape index (κ1) is 13.7. The lowest BCUT2D eigenvalue weighted by Crippen LogP contribution is -2.29. The number of hydrogen-bond acceptors (Lipinski definition) is 3. The molecule has 0 aliphatic heterocycles. The van der Waals surface area contributed by atoms with Gasteiger partial charge in [-0.3, -0.25) is 4.79 Å². The fourth-order valence-electron chi connectivity index (χ4n) is 1.57. The Bertz CT molecular complexity index is 327. The van der Waals surface area contributed by atoms with Crippen molar-refractivity contribution in [3.05, 3.63) is 35.9 Å². The van der Waals surface area contributed by atoms with Crippen LogP contribution in [0.4, 0.5) is 0 Å². The number of benzene rings is 1. The summed E-state index contributed by atoms with van der Waals surface area (Å²) < 4.78 is 5.17. The van der Waals surface area contributed by atoms with Crippen LogP contribution < -0.4 is 5.32 Å². The molecule has 0 spiro atoms. The molecule has 17 heavy (non-hydrogen) atoms. The molecule has 0 radical (unpaired) electrons. The Hall–Kier alpha value is -1.39. The maximum absolute atomic E-state index is 11.1. The number of hydrogen-bond donors (Lipinski definition) is 2.